The molecule has 3 N–H and O–H groups in total. The predicted octanol–water partition coefficient (Wildman–Crippen LogP) is 0.830. The molecule has 0 aromatic carbocycles. The van der Waals surface area contributed by atoms with Gasteiger partial charge in [-0.05, 0) is 19.1 Å². The van der Waals surface area contributed by atoms with E-state index in [-0.39, 0.29) is 11.9 Å². The van der Waals surface area contributed by atoms with Gasteiger partial charge in [0.25, 0.3) is 0 Å². The van der Waals surface area contributed by atoms with Crippen LogP contribution in [0.4, 0.5) is 4.39 Å². The van der Waals surface area contributed by atoms with E-state index in [2.05, 4.69) is 10.3 Å². The largest absolute Gasteiger partial charge is 0.329 e. The lowest BCUT2D eigenvalue weighted by molar-refractivity contribution is 0.561. The number of nitrogens with zero attached hydrogens (tertiary/aromatic N) is 1. The van der Waals surface area contributed by atoms with Crippen LogP contribution >= 0.6 is 0 Å². The van der Waals surface area contributed by atoms with E-state index in [1.165, 1.54) is 12.3 Å². The van der Waals surface area contributed by atoms with Crippen LogP contribution in [0, 0.1) is 5.82 Å². The van der Waals surface area contributed by atoms with Gasteiger partial charge >= 0.3 is 0 Å². The molecule has 0 bridgehead atoms. The van der Waals surface area contributed by atoms with E-state index in [9.17, 15) is 4.39 Å². The third-order valence-corrected chi connectivity index (χ3v) is 1.79. The van der Waals surface area contributed by atoms with Crippen molar-refractivity contribution in [3.63, 3.8) is 0 Å². The Morgan fingerprint density at radius 3 is 2.92 bits per heavy atom. The van der Waals surface area contributed by atoms with Gasteiger partial charge in [0.15, 0.2) is 0 Å². The van der Waals surface area contributed by atoms with Crippen molar-refractivity contribution in [2.45, 2.75) is 13.0 Å². The molecule has 0 saturated heterocycles. The van der Waals surface area contributed by atoms with E-state index < -0.39 is 0 Å². The second-order valence-electron chi connectivity index (χ2n) is 2.87. The van der Waals surface area contributed by atoms with Gasteiger partial charge in [0.1, 0.15) is 5.82 Å². The van der Waals surface area contributed by atoms with Crippen molar-refractivity contribution < 1.29 is 4.39 Å². The van der Waals surface area contributed by atoms with E-state index in [1.54, 1.807) is 6.07 Å². The number of nitrogens with one attached hydrogen (secondary N) is 1. The number of rotatable bonds is 4. The molecule has 3 nitrogen and oxygen atoms in total. The molecule has 0 aliphatic rings. The molecule has 0 fully saturated rings. The summed E-state index contributed by atoms with van der Waals surface area (Å²) in [6.07, 6.45) is 1.22. The average molecular weight is 183 g/mol. The summed E-state index contributed by atoms with van der Waals surface area (Å²) in [5, 5.41) is 3.16. The van der Waals surface area contributed by atoms with Crippen molar-refractivity contribution in [2.75, 3.05) is 13.1 Å². The summed E-state index contributed by atoms with van der Waals surface area (Å²) in [6.45, 7) is 3.29. The molecule has 1 aromatic heterocycles. The fraction of sp³-hybridized carbons (Fsp3) is 0.444. The standard InChI is InChI=1S/C9H14FN3/c1-7(12-5-4-11)9-3-2-8(10)6-13-9/h2-3,6-7,12H,4-5,11H2,1H3. The first-order valence-electron chi connectivity index (χ1n) is 4.29. The molecule has 72 valence electrons. The first-order chi connectivity index (χ1) is 6.24. The second kappa shape index (κ2) is 4.89. The number of pyridine rings is 1. The quantitative estimate of drug-likeness (QED) is 0.727. The van der Waals surface area contributed by atoms with Crippen LogP contribution in [0.25, 0.3) is 0 Å². The third kappa shape index (κ3) is 3.08. The highest BCUT2D eigenvalue weighted by atomic mass is 19.1. The summed E-state index contributed by atoms with van der Waals surface area (Å²) < 4.78 is 12.5. The van der Waals surface area contributed by atoms with Gasteiger partial charge in [-0.3, -0.25) is 4.98 Å². The van der Waals surface area contributed by atoms with Gasteiger partial charge in [0.2, 0.25) is 0 Å². The Hall–Kier alpha value is -1.00. The Morgan fingerprint density at radius 2 is 2.38 bits per heavy atom. The molecule has 1 unspecified atom stereocenters. The van der Waals surface area contributed by atoms with Crippen molar-refractivity contribution >= 4 is 0 Å². The van der Waals surface area contributed by atoms with Gasteiger partial charge in [0, 0.05) is 19.1 Å². The van der Waals surface area contributed by atoms with Crippen LogP contribution in [0.1, 0.15) is 18.7 Å². The molecule has 0 spiro atoms. The van der Waals surface area contributed by atoms with Gasteiger partial charge in [-0.2, -0.15) is 0 Å². The Morgan fingerprint density at radius 1 is 1.62 bits per heavy atom. The maximum absolute atomic E-state index is 12.5. The first kappa shape index (κ1) is 10.1. The molecule has 1 atom stereocenters. The van der Waals surface area contributed by atoms with E-state index >= 15 is 0 Å². The maximum atomic E-state index is 12.5. The van der Waals surface area contributed by atoms with E-state index in [1.807, 2.05) is 6.92 Å². The monoisotopic (exact) mass is 183 g/mol. The summed E-state index contributed by atoms with van der Waals surface area (Å²) in [5.41, 5.74) is 6.16. The van der Waals surface area contributed by atoms with Gasteiger partial charge in [0.05, 0.1) is 11.9 Å². The summed E-state index contributed by atoms with van der Waals surface area (Å²) in [7, 11) is 0. The number of halogens is 1. The van der Waals surface area contributed by atoms with Crippen LogP contribution in [-0.2, 0) is 0 Å². The molecule has 1 rings (SSSR count). The fourth-order valence-corrected chi connectivity index (χ4v) is 1.05. The molecule has 0 aliphatic heterocycles. The lowest BCUT2D eigenvalue weighted by Gasteiger charge is -2.11. The highest BCUT2D eigenvalue weighted by Gasteiger charge is 2.04. The molecule has 1 aromatic rings. The zero-order valence-electron chi connectivity index (χ0n) is 7.63. The minimum atomic E-state index is -0.310. The minimum absolute atomic E-state index is 0.115. The number of nitrogens with two attached hydrogens (primary N) is 1. The van der Waals surface area contributed by atoms with Crippen LogP contribution in [0.15, 0.2) is 18.3 Å². The van der Waals surface area contributed by atoms with Gasteiger partial charge in [-0.25, -0.2) is 4.39 Å². The van der Waals surface area contributed by atoms with Crippen molar-refractivity contribution in [1.29, 1.82) is 0 Å². The van der Waals surface area contributed by atoms with Crippen LogP contribution in [0.3, 0.4) is 0 Å². The zero-order chi connectivity index (χ0) is 9.68. The Bertz CT molecular complexity index is 248. The van der Waals surface area contributed by atoms with Gasteiger partial charge < -0.3 is 11.1 Å². The number of aromatic nitrogens is 1. The highest BCUT2D eigenvalue weighted by Crippen LogP contribution is 2.08. The average Bonchev–Trinajstić information content (AvgIpc) is 2.15. The Labute approximate surface area is 77.2 Å². The zero-order valence-corrected chi connectivity index (χ0v) is 7.63. The smallest absolute Gasteiger partial charge is 0.141 e. The Kier molecular flexibility index (Phi) is 3.79. The van der Waals surface area contributed by atoms with E-state index in [0.29, 0.717) is 6.54 Å². The lowest BCUT2D eigenvalue weighted by Crippen LogP contribution is -2.25. The van der Waals surface area contributed by atoms with E-state index in [0.717, 1.165) is 12.2 Å². The van der Waals surface area contributed by atoms with E-state index in [4.69, 9.17) is 5.73 Å². The highest BCUT2D eigenvalue weighted by molar-refractivity contribution is 5.08. The number of hydrogen-bond donors (Lipinski definition) is 2. The molecular weight excluding hydrogens is 169 g/mol. The SMILES string of the molecule is CC(NCCN)c1ccc(F)cn1. The summed E-state index contributed by atoms with van der Waals surface area (Å²) in [6, 6.07) is 3.19. The summed E-state index contributed by atoms with van der Waals surface area (Å²) in [5.74, 6) is -0.310. The molecule has 0 saturated carbocycles. The minimum Gasteiger partial charge on any atom is -0.329 e. The third-order valence-electron chi connectivity index (χ3n) is 1.79. The maximum Gasteiger partial charge on any atom is 0.141 e. The van der Waals surface area contributed by atoms with Gasteiger partial charge in [-0.1, -0.05) is 0 Å². The van der Waals surface area contributed by atoms with Crippen LogP contribution in [0.2, 0.25) is 0 Å². The molecule has 0 amide bonds. The normalized spacial score (nSPS) is 12.8. The van der Waals surface area contributed by atoms with Crippen molar-refractivity contribution in [3.05, 3.63) is 29.8 Å². The molecule has 1 heterocycles. The summed E-state index contributed by atoms with van der Waals surface area (Å²) >= 11 is 0. The summed E-state index contributed by atoms with van der Waals surface area (Å²) in [4.78, 5) is 3.95. The molecule has 0 aliphatic carbocycles. The second-order valence-corrected chi connectivity index (χ2v) is 2.87. The fourth-order valence-electron chi connectivity index (χ4n) is 1.05. The topological polar surface area (TPSA) is 50.9 Å². The van der Waals surface area contributed by atoms with Gasteiger partial charge in [-0.15, -0.1) is 0 Å². The molecule has 0 radical (unpaired) electrons. The first-order valence-corrected chi connectivity index (χ1v) is 4.29. The molecule has 4 heteroatoms. The molecular formula is C9H14FN3. The van der Waals surface area contributed by atoms with Crippen molar-refractivity contribution in [3.8, 4) is 0 Å². The molecule has 13 heavy (non-hydrogen) atoms. The predicted molar refractivity (Wildman–Crippen MR) is 49.7 cm³/mol. The number of hydrogen-bond acceptors (Lipinski definition) is 3. The lowest BCUT2D eigenvalue weighted by atomic mass is 10.2. The van der Waals surface area contributed by atoms with Crippen LogP contribution in [0.5, 0.6) is 0 Å². The Balaban J connectivity index is 2.55. The van der Waals surface area contributed by atoms with Crippen molar-refractivity contribution in [1.82, 2.24) is 10.3 Å². The van der Waals surface area contributed by atoms with Crippen LogP contribution < -0.4 is 11.1 Å². The van der Waals surface area contributed by atoms with Crippen LogP contribution in [-0.4, -0.2) is 18.1 Å². The van der Waals surface area contributed by atoms with Crippen molar-refractivity contribution in [2.24, 2.45) is 5.73 Å².